The molecule has 0 aliphatic carbocycles. The first-order valence-corrected chi connectivity index (χ1v) is 7.32. The summed E-state index contributed by atoms with van der Waals surface area (Å²) in [5, 5.41) is 2.69. The van der Waals surface area contributed by atoms with Gasteiger partial charge in [-0.2, -0.15) is 0 Å². The fourth-order valence-electron chi connectivity index (χ4n) is 2.31. The molecule has 0 spiro atoms. The Morgan fingerprint density at radius 3 is 2.53 bits per heavy atom. The average Bonchev–Trinajstić information content (AvgIpc) is 2.84. The highest BCUT2D eigenvalue weighted by atomic mass is 32.1. The first kappa shape index (κ1) is 14.0. The third-order valence-corrected chi connectivity index (χ3v) is 4.55. The first-order valence-electron chi connectivity index (χ1n) is 6.44. The molecule has 104 valence electrons. The van der Waals surface area contributed by atoms with Gasteiger partial charge in [-0.15, -0.1) is 11.3 Å². The van der Waals surface area contributed by atoms with Crippen molar-refractivity contribution < 1.29 is 9.59 Å². The van der Waals surface area contributed by atoms with E-state index in [-0.39, 0.29) is 17.7 Å². The van der Waals surface area contributed by atoms with Crippen LogP contribution in [0.3, 0.4) is 0 Å². The molecule has 1 aromatic rings. The van der Waals surface area contributed by atoms with Crippen molar-refractivity contribution >= 4 is 28.3 Å². The predicted molar refractivity (Wildman–Crippen MR) is 75.2 cm³/mol. The standard InChI is InChI=1S/C13H19N3O2S/c1-9-8-19-13(14-9)15(3)12(18)11-4-6-16(7-5-11)10(2)17/h8,11H,4-7H2,1-3H3. The van der Waals surface area contributed by atoms with Crippen LogP contribution in [0.2, 0.25) is 0 Å². The van der Waals surface area contributed by atoms with Gasteiger partial charge in [0.25, 0.3) is 0 Å². The van der Waals surface area contributed by atoms with Gasteiger partial charge in [0, 0.05) is 38.4 Å². The van der Waals surface area contributed by atoms with E-state index in [9.17, 15) is 9.59 Å². The molecule has 1 saturated heterocycles. The lowest BCUT2D eigenvalue weighted by Crippen LogP contribution is -2.42. The van der Waals surface area contributed by atoms with Gasteiger partial charge in [0.05, 0.1) is 5.69 Å². The number of carbonyl (C=O) groups excluding carboxylic acids is 2. The largest absolute Gasteiger partial charge is 0.343 e. The summed E-state index contributed by atoms with van der Waals surface area (Å²) in [5.41, 5.74) is 0.936. The van der Waals surface area contributed by atoms with Gasteiger partial charge < -0.3 is 4.90 Å². The summed E-state index contributed by atoms with van der Waals surface area (Å²) < 4.78 is 0. The smallest absolute Gasteiger partial charge is 0.231 e. The minimum absolute atomic E-state index is 0.00445. The number of likely N-dealkylation sites (tertiary alicyclic amines) is 1. The van der Waals surface area contributed by atoms with Crippen LogP contribution in [-0.2, 0) is 9.59 Å². The van der Waals surface area contributed by atoms with E-state index in [0.717, 1.165) is 23.7 Å². The molecule has 6 heteroatoms. The molecule has 1 aliphatic heterocycles. The highest BCUT2D eigenvalue weighted by molar-refractivity contribution is 7.14. The SMILES string of the molecule is CC(=O)N1CCC(C(=O)N(C)c2nc(C)cs2)CC1. The van der Waals surface area contributed by atoms with E-state index in [1.807, 2.05) is 12.3 Å². The summed E-state index contributed by atoms with van der Waals surface area (Å²) in [5.74, 6) is 0.206. The number of thiazole rings is 1. The van der Waals surface area contributed by atoms with Crippen molar-refractivity contribution in [2.45, 2.75) is 26.7 Å². The molecular formula is C13H19N3O2S. The Balaban J connectivity index is 1.96. The van der Waals surface area contributed by atoms with Gasteiger partial charge in [-0.05, 0) is 19.8 Å². The van der Waals surface area contributed by atoms with E-state index in [1.165, 1.54) is 11.3 Å². The quantitative estimate of drug-likeness (QED) is 0.828. The third-order valence-electron chi connectivity index (χ3n) is 3.51. The van der Waals surface area contributed by atoms with E-state index < -0.39 is 0 Å². The maximum Gasteiger partial charge on any atom is 0.231 e. The van der Waals surface area contributed by atoms with Crippen LogP contribution >= 0.6 is 11.3 Å². The van der Waals surface area contributed by atoms with Crippen LogP contribution in [0, 0.1) is 12.8 Å². The van der Waals surface area contributed by atoms with Crippen molar-refractivity contribution in [3.8, 4) is 0 Å². The summed E-state index contributed by atoms with van der Waals surface area (Å²) in [7, 11) is 1.78. The zero-order chi connectivity index (χ0) is 14.0. The van der Waals surface area contributed by atoms with Crippen molar-refractivity contribution in [2.75, 3.05) is 25.0 Å². The van der Waals surface area contributed by atoms with Gasteiger partial charge in [-0.3, -0.25) is 14.5 Å². The second-order valence-electron chi connectivity index (χ2n) is 4.95. The zero-order valence-corrected chi connectivity index (χ0v) is 12.4. The second-order valence-corrected chi connectivity index (χ2v) is 5.79. The average molecular weight is 281 g/mol. The molecule has 0 unspecified atom stereocenters. The van der Waals surface area contributed by atoms with E-state index in [4.69, 9.17) is 0 Å². The molecule has 0 aromatic carbocycles. The van der Waals surface area contributed by atoms with Crippen LogP contribution in [0.1, 0.15) is 25.5 Å². The van der Waals surface area contributed by atoms with E-state index in [0.29, 0.717) is 13.1 Å². The molecule has 19 heavy (non-hydrogen) atoms. The van der Waals surface area contributed by atoms with Crippen molar-refractivity contribution in [1.82, 2.24) is 9.88 Å². The first-order chi connectivity index (χ1) is 8.99. The predicted octanol–water partition coefficient (Wildman–Crippen LogP) is 1.67. The zero-order valence-electron chi connectivity index (χ0n) is 11.5. The number of carbonyl (C=O) groups is 2. The molecule has 2 rings (SSSR count). The summed E-state index contributed by atoms with van der Waals surface area (Å²) in [6, 6.07) is 0. The lowest BCUT2D eigenvalue weighted by Gasteiger charge is -2.32. The minimum Gasteiger partial charge on any atom is -0.343 e. The molecule has 1 fully saturated rings. The molecule has 0 saturated carbocycles. The molecule has 2 heterocycles. The van der Waals surface area contributed by atoms with Crippen LogP contribution in [-0.4, -0.2) is 41.8 Å². The highest BCUT2D eigenvalue weighted by Crippen LogP contribution is 2.24. The maximum atomic E-state index is 12.4. The topological polar surface area (TPSA) is 53.5 Å². The number of rotatable bonds is 2. The monoisotopic (exact) mass is 281 g/mol. The number of aryl methyl sites for hydroxylation is 1. The fourth-order valence-corrected chi connectivity index (χ4v) is 3.08. The van der Waals surface area contributed by atoms with Gasteiger partial charge in [-0.1, -0.05) is 0 Å². The molecule has 0 radical (unpaired) electrons. The lowest BCUT2D eigenvalue weighted by atomic mass is 9.95. The second kappa shape index (κ2) is 5.69. The third kappa shape index (κ3) is 3.12. The van der Waals surface area contributed by atoms with Crippen LogP contribution < -0.4 is 4.90 Å². The minimum atomic E-state index is 0.00445. The van der Waals surface area contributed by atoms with Gasteiger partial charge in [0.2, 0.25) is 11.8 Å². The number of piperidine rings is 1. The van der Waals surface area contributed by atoms with Crippen LogP contribution in [0.25, 0.3) is 0 Å². The van der Waals surface area contributed by atoms with Crippen LogP contribution in [0.15, 0.2) is 5.38 Å². The number of amides is 2. The molecule has 0 atom stereocenters. The Hall–Kier alpha value is -1.43. The number of nitrogens with zero attached hydrogens (tertiary/aromatic N) is 3. The number of hydrogen-bond donors (Lipinski definition) is 0. The summed E-state index contributed by atoms with van der Waals surface area (Å²) >= 11 is 1.48. The highest BCUT2D eigenvalue weighted by Gasteiger charge is 2.29. The Labute approximate surface area is 117 Å². The molecule has 0 N–H and O–H groups in total. The van der Waals surface area contributed by atoms with Crippen molar-refractivity contribution in [2.24, 2.45) is 5.92 Å². The number of hydrogen-bond acceptors (Lipinski definition) is 4. The number of aromatic nitrogens is 1. The normalized spacial score (nSPS) is 16.5. The lowest BCUT2D eigenvalue weighted by molar-refractivity contribution is -0.133. The summed E-state index contributed by atoms with van der Waals surface area (Å²) in [6.07, 6.45) is 1.49. The molecule has 2 amide bonds. The molecule has 0 bridgehead atoms. The van der Waals surface area contributed by atoms with E-state index in [2.05, 4.69) is 4.98 Å². The molecule has 1 aliphatic rings. The van der Waals surface area contributed by atoms with Gasteiger partial charge in [-0.25, -0.2) is 4.98 Å². The fraction of sp³-hybridized carbons (Fsp3) is 0.615. The Bertz CT molecular complexity index is 478. The van der Waals surface area contributed by atoms with Crippen molar-refractivity contribution in [3.05, 3.63) is 11.1 Å². The maximum absolute atomic E-state index is 12.4. The van der Waals surface area contributed by atoms with Gasteiger partial charge in [0.15, 0.2) is 5.13 Å². The van der Waals surface area contributed by atoms with E-state index >= 15 is 0 Å². The molecule has 5 nitrogen and oxygen atoms in total. The summed E-state index contributed by atoms with van der Waals surface area (Å²) in [4.78, 5) is 31.4. The summed E-state index contributed by atoms with van der Waals surface area (Å²) in [6.45, 7) is 4.85. The number of anilines is 1. The van der Waals surface area contributed by atoms with Gasteiger partial charge >= 0.3 is 0 Å². The van der Waals surface area contributed by atoms with E-state index in [1.54, 1.807) is 23.8 Å². The van der Waals surface area contributed by atoms with Crippen LogP contribution in [0.4, 0.5) is 5.13 Å². The van der Waals surface area contributed by atoms with Crippen molar-refractivity contribution in [1.29, 1.82) is 0 Å². The Morgan fingerprint density at radius 2 is 2.05 bits per heavy atom. The van der Waals surface area contributed by atoms with Crippen LogP contribution in [0.5, 0.6) is 0 Å². The van der Waals surface area contributed by atoms with Crippen molar-refractivity contribution in [3.63, 3.8) is 0 Å². The van der Waals surface area contributed by atoms with Gasteiger partial charge in [0.1, 0.15) is 0 Å². The molecule has 1 aromatic heterocycles. The Morgan fingerprint density at radius 1 is 1.42 bits per heavy atom. The Kier molecular flexibility index (Phi) is 4.19. The molecular weight excluding hydrogens is 262 g/mol.